The van der Waals surface area contributed by atoms with Gasteiger partial charge in [-0.2, -0.15) is 26.3 Å². The van der Waals surface area contributed by atoms with Crippen molar-refractivity contribution in [3.05, 3.63) is 35.9 Å². The van der Waals surface area contributed by atoms with Gasteiger partial charge in [0, 0.05) is 0 Å². The van der Waals surface area contributed by atoms with Crippen LogP contribution in [0.5, 0.6) is 0 Å². The van der Waals surface area contributed by atoms with Crippen molar-refractivity contribution < 1.29 is 36.5 Å². The molecule has 1 aromatic carbocycles. The van der Waals surface area contributed by atoms with Crippen molar-refractivity contribution in [3.63, 3.8) is 0 Å². The first-order valence-electron chi connectivity index (χ1n) is 6.85. The van der Waals surface area contributed by atoms with Crippen molar-refractivity contribution in [2.24, 2.45) is 5.41 Å². The van der Waals surface area contributed by atoms with Crippen molar-refractivity contribution in [2.75, 3.05) is 0 Å². The normalized spacial score (nSPS) is 19.7. The maximum absolute atomic E-state index is 13.7. The highest BCUT2D eigenvalue weighted by Crippen LogP contribution is 2.55. The maximum Gasteiger partial charge on any atom is 0.400 e. The van der Waals surface area contributed by atoms with E-state index in [0.29, 0.717) is 13.8 Å². The number of hydrogen-bond donors (Lipinski definition) is 1. The summed E-state index contributed by atoms with van der Waals surface area (Å²) in [6, 6.07) is 6.13. The molecule has 0 spiro atoms. The van der Waals surface area contributed by atoms with Gasteiger partial charge in [-0.25, -0.2) is 4.89 Å². The Morgan fingerprint density at radius 1 is 0.957 bits per heavy atom. The number of rotatable bonds is 5. The van der Waals surface area contributed by atoms with Crippen molar-refractivity contribution in [1.82, 2.24) is 0 Å². The number of benzene rings is 1. The summed E-state index contributed by atoms with van der Waals surface area (Å²) in [4.78, 5) is 3.84. The summed E-state index contributed by atoms with van der Waals surface area (Å²) in [7, 11) is 0. The highest BCUT2D eigenvalue weighted by atomic mass is 19.4. The topological polar surface area (TPSA) is 29.5 Å². The zero-order valence-electron chi connectivity index (χ0n) is 12.8. The molecule has 1 N–H and O–H groups in total. The molecule has 0 aliphatic rings. The Kier molecular flexibility index (Phi) is 5.43. The first-order chi connectivity index (χ1) is 10.4. The Hall–Kier alpha value is -1.28. The van der Waals surface area contributed by atoms with Gasteiger partial charge in [-0.1, -0.05) is 37.3 Å². The lowest BCUT2D eigenvalue weighted by Gasteiger charge is -2.46. The van der Waals surface area contributed by atoms with E-state index in [4.69, 9.17) is 5.26 Å². The summed E-state index contributed by atoms with van der Waals surface area (Å²) in [5.41, 5.74) is -6.37. The minimum Gasteiger partial charge on any atom is -0.251 e. The van der Waals surface area contributed by atoms with Crippen molar-refractivity contribution in [1.29, 1.82) is 0 Å². The molecule has 0 aromatic heterocycles. The molecule has 3 atom stereocenters. The van der Waals surface area contributed by atoms with E-state index >= 15 is 0 Å². The second-order valence-electron chi connectivity index (χ2n) is 5.82. The fourth-order valence-corrected chi connectivity index (χ4v) is 2.64. The minimum absolute atomic E-state index is 0.421. The molecule has 0 saturated heterocycles. The highest BCUT2D eigenvalue weighted by molar-refractivity contribution is 5.30. The van der Waals surface area contributed by atoms with Crippen molar-refractivity contribution in [2.45, 2.75) is 51.1 Å². The number of hydrogen-bond acceptors (Lipinski definition) is 2. The van der Waals surface area contributed by atoms with E-state index in [1.807, 2.05) is 0 Å². The fraction of sp³-hybridized carbons (Fsp3) is 0.600. The van der Waals surface area contributed by atoms with Gasteiger partial charge in [0.2, 0.25) is 0 Å². The Labute approximate surface area is 130 Å². The summed E-state index contributed by atoms with van der Waals surface area (Å²) in [5, 5.41) is 9.02. The second kappa shape index (κ2) is 6.32. The first kappa shape index (κ1) is 19.8. The lowest BCUT2D eigenvalue weighted by molar-refractivity contribution is -0.383. The first-order valence-corrected chi connectivity index (χ1v) is 6.85. The van der Waals surface area contributed by atoms with Crippen LogP contribution in [0, 0.1) is 5.41 Å². The van der Waals surface area contributed by atoms with Gasteiger partial charge in [-0.05, 0) is 25.8 Å². The van der Waals surface area contributed by atoms with Gasteiger partial charge in [-0.3, -0.25) is 5.26 Å². The Balaban J connectivity index is 3.64. The van der Waals surface area contributed by atoms with Gasteiger partial charge >= 0.3 is 12.4 Å². The van der Waals surface area contributed by atoms with Gasteiger partial charge in [-0.15, -0.1) is 0 Å². The lowest BCUT2D eigenvalue weighted by Crippen LogP contribution is -2.60. The molecule has 8 heteroatoms. The van der Waals surface area contributed by atoms with Gasteiger partial charge in [0.1, 0.15) is 11.5 Å². The quantitative estimate of drug-likeness (QED) is 0.444. The molecule has 3 unspecified atom stereocenters. The van der Waals surface area contributed by atoms with Gasteiger partial charge in [0.15, 0.2) is 0 Å². The van der Waals surface area contributed by atoms with Gasteiger partial charge in [0.25, 0.3) is 0 Å². The molecule has 23 heavy (non-hydrogen) atoms. The largest absolute Gasteiger partial charge is 0.400 e. The zero-order chi connectivity index (χ0) is 18.1. The van der Waals surface area contributed by atoms with Crippen LogP contribution < -0.4 is 0 Å². The lowest BCUT2D eigenvalue weighted by atomic mass is 9.64. The average molecular weight is 344 g/mol. The maximum atomic E-state index is 13.7. The van der Waals surface area contributed by atoms with E-state index in [2.05, 4.69) is 4.89 Å². The molecule has 0 aliphatic carbocycles. The van der Waals surface area contributed by atoms with E-state index in [0.717, 1.165) is 19.1 Å². The van der Waals surface area contributed by atoms with Crippen LogP contribution in [0.2, 0.25) is 0 Å². The Bertz CT molecular complexity index is 513. The van der Waals surface area contributed by atoms with Crippen LogP contribution in [-0.4, -0.2) is 23.7 Å². The second-order valence-corrected chi connectivity index (χ2v) is 5.82. The summed E-state index contributed by atoms with van der Waals surface area (Å²) in [5.74, 6) is 0. The van der Waals surface area contributed by atoms with E-state index in [1.165, 1.54) is 18.2 Å². The Morgan fingerprint density at radius 2 is 1.43 bits per heavy atom. The van der Waals surface area contributed by atoms with E-state index in [-0.39, 0.29) is 0 Å². The standard InChI is InChI=1S/C15H18F6O2/c1-4-12(2,14(16,17)18)11(23-22)13(3,15(19,20)21)10-8-6-5-7-9-10/h5-9,11,22H,4H2,1-3H3. The molecule has 132 valence electrons. The molecule has 0 saturated carbocycles. The van der Waals surface area contributed by atoms with Crippen LogP contribution in [0.1, 0.15) is 32.8 Å². The minimum atomic E-state index is -5.08. The number of halogens is 6. The van der Waals surface area contributed by atoms with E-state index in [1.54, 1.807) is 0 Å². The number of alkyl halides is 6. The molecule has 0 aliphatic heterocycles. The molecule has 0 amide bonds. The monoisotopic (exact) mass is 344 g/mol. The molecule has 0 bridgehead atoms. The molecular formula is C15H18F6O2. The van der Waals surface area contributed by atoms with Crippen LogP contribution in [-0.2, 0) is 10.3 Å². The molecular weight excluding hydrogens is 326 g/mol. The predicted molar refractivity (Wildman–Crippen MR) is 71.8 cm³/mol. The van der Waals surface area contributed by atoms with E-state index in [9.17, 15) is 26.3 Å². The summed E-state index contributed by atoms with van der Waals surface area (Å²) in [6.45, 7) is 2.31. The third-order valence-electron chi connectivity index (χ3n) is 4.55. The van der Waals surface area contributed by atoms with Crippen molar-refractivity contribution >= 4 is 0 Å². The van der Waals surface area contributed by atoms with Crippen LogP contribution in [0.4, 0.5) is 26.3 Å². The van der Waals surface area contributed by atoms with E-state index < -0.39 is 41.3 Å². The predicted octanol–water partition coefficient (Wildman–Crippen LogP) is 5.34. The highest BCUT2D eigenvalue weighted by Gasteiger charge is 2.68. The third-order valence-corrected chi connectivity index (χ3v) is 4.55. The van der Waals surface area contributed by atoms with Crippen LogP contribution in [0.25, 0.3) is 0 Å². The molecule has 1 rings (SSSR count). The molecule has 0 heterocycles. The molecule has 0 fully saturated rings. The summed E-state index contributed by atoms with van der Waals surface area (Å²) >= 11 is 0. The van der Waals surface area contributed by atoms with Crippen LogP contribution in [0.3, 0.4) is 0 Å². The summed E-state index contributed by atoms with van der Waals surface area (Å²) in [6.07, 6.45) is -13.3. The van der Waals surface area contributed by atoms with Crippen LogP contribution >= 0.6 is 0 Å². The van der Waals surface area contributed by atoms with Gasteiger partial charge in [0.05, 0.1) is 5.41 Å². The van der Waals surface area contributed by atoms with Crippen LogP contribution in [0.15, 0.2) is 30.3 Å². The third kappa shape index (κ3) is 3.19. The average Bonchev–Trinajstić information content (AvgIpc) is 2.45. The Morgan fingerprint density at radius 3 is 1.74 bits per heavy atom. The fourth-order valence-electron chi connectivity index (χ4n) is 2.64. The summed E-state index contributed by atoms with van der Waals surface area (Å²) < 4.78 is 81.4. The smallest absolute Gasteiger partial charge is 0.251 e. The molecule has 0 radical (unpaired) electrons. The molecule has 2 nitrogen and oxygen atoms in total. The van der Waals surface area contributed by atoms with Gasteiger partial charge < -0.3 is 0 Å². The zero-order valence-corrected chi connectivity index (χ0v) is 12.8. The molecule has 1 aromatic rings. The SMILES string of the molecule is CCC(C)(C(OO)C(C)(c1ccccc1)C(F)(F)F)C(F)(F)F. The van der Waals surface area contributed by atoms with Crippen molar-refractivity contribution in [3.8, 4) is 0 Å².